The van der Waals surface area contributed by atoms with Crippen LogP contribution in [0.15, 0.2) is 52.3 Å². The molecule has 0 saturated carbocycles. The zero-order valence-electron chi connectivity index (χ0n) is 12.7. The zero-order valence-corrected chi connectivity index (χ0v) is 15.1. The summed E-state index contributed by atoms with van der Waals surface area (Å²) in [7, 11) is -3.75. The lowest BCUT2D eigenvalue weighted by Crippen LogP contribution is -2.24. The van der Waals surface area contributed by atoms with Crippen molar-refractivity contribution in [2.45, 2.75) is 11.4 Å². The normalized spacial score (nSPS) is 11.8. The summed E-state index contributed by atoms with van der Waals surface area (Å²) in [6, 6.07) is 6.82. The van der Waals surface area contributed by atoms with E-state index in [1.54, 1.807) is 35.9 Å². The molecule has 3 heterocycles. The van der Waals surface area contributed by atoms with Gasteiger partial charge in [-0.05, 0) is 23.6 Å². The molecule has 4 rings (SSSR count). The Kier molecular flexibility index (Phi) is 4.25. The van der Waals surface area contributed by atoms with Crippen LogP contribution in [0.5, 0.6) is 0 Å². The number of sulfonamides is 1. The molecule has 3 aromatic heterocycles. The van der Waals surface area contributed by atoms with Gasteiger partial charge in [0.2, 0.25) is 10.0 Å². The minimum Gasteiger partial charge on any atom is -0.256 e. The van der Waals surface area contributed by atoms with E-state index >= 15 is 0 Å². The molecule has 0 aliphatic rings. The van der Waals surface area contributed by atoms with Gasteiger partial charge < -0.3 is 0 Å². The fourth-order valence-electron chi connectivity index (χ4n) is 2.38. The van der Waals surface area contributed by atoms with Crippen molar-refractivity contribution in [3.8, 4) is 11.3 Å². The van der Waals surface area contributed by atoms with Gasteiger partial charge >= 0.3 is 0 Å². The van der Waals surface area contributed by atoms with Gasteiger partial charge in [0.05, 0.1) is 29.7 Å². The van der Waals surface area contributed by atoms with Crippen LogP contribution in [0.25, 0.3) is 22.3 Å². The molecule has 0 radical (unpaired) electrons. The lowest BCUT2D eigenvalue weighted by Gasteiger charge is -2.09. The largest absolute Gasteiger partial charge is 0.256 e. The molecule has 0 unspecified atom stereocenters. The Morgan fingerprint density at radius 1 is 1.08 bits per heavy atom. The summed E-state index contributed by atoms with van der Waals surface area (Å²) in [5, 5.41) is 3.89. The molecular formula is C15H11N5O2S3. The molecule has 1 N–H and O–H groups in total. The molecule has 0 fully saturated rings. The molecule has 25 heavy (non-hydrogen) atoms. The smallest absolute Gasteiger partial charge is 0.243 e. The van der Waals surface area contributed by atoms with Gasteiger partial charge in [-0.25, -0.2) is 13.1 Å². The predicted octanol–water partition coefficient (Wildman–Crippen LogP) is 2.69. The van der Waals surface area contributed by atoms with Gasteiger partial charge in [-0.1, -0.05) is 6.07 Å². The van der Waals surface area contributed by atoms with Crippen LogP contribution in [0.3, 0.4) is 0 Å². The molecular weight excluding hydrogens is 378 g/mol. The van der Waals surface area contributed by atoms with E-state index in [0.717, 1.165) is 17.3 Å². The number of rotatable bonds is 5. The summed E-state index contributed by atoms with van der Waals surface area (Å²) < 4.78 is 36.1. The third kappa shape index (κ3) is 3.16. The van der Waals surface area contributed by atoms with E-state index in [-0.39, 0.29) is 11.4 Å². The molecule has 0 bridgehead atoms. The van der Waals surface area contributed by atoms with Crippen LogP contribution in [-0.2, 0) is 16.6 Å². The van der Waals surface area contributed by atoms with E-state index in [1.165, 1.54) is 6.07 Å². The van der Waals surface area contributed by atoms with Crippen molar-refractivity contribution in [2.24, 2.45) is 0 Å². The van der Waals surface area contributed by atoms with Crippen LogP contribution < -0.4 is 4.72 Å². The highest BCUT2D eigenvalue weighted by atomic mass is 32.2. The molecule has 0 spiro atoms. The maximum atomic E-state index is 12.7. The minimum atomic E-state index is -3.75. The standard InChI is InChI=1S/C15H11N5O2S3/c21-25(22,13-3-1-2-11-15(13)20-24-19-11)18-8-12-14(17-6-5-16-12)10-4-7-23-9-10/h1-7,9,18H,8H2. The molecule has 0 amide bonds. The Morgan fingerprint density at radius 2 is 1.96 bits per heavy atom. The highest BCUT2D eigenvalue weighted by Gasteiger charge is 2.20. The number of fused-ring (bicyclic) bond motifs is 1. The Hall–Kier alpha value is -2.27. The predicted molar refractivity (Wildman–Crippen MR) is 96.8 cm³/mol. The molecule has 0 atom stereocenters. The zero-order chi connectivity index (χ0) is 17.3. The summed E-state index contributed by atoms with van der Waals surface area (Å²) in [6.45, 7) is 0.0370. The van der Waals surface area contributed by atoms with E-state index in [0.29, 0.717) is 22.4 Å². The van der Waals surface area contributed by atoms with Gasteiger partial charge in [-0.2, -0.15) is 20.1 Å². The second-order valence-electron chi connectivity index (χ2n) is 5.08. The third-order valence-corrected chi connectivity index (χ3v) is 6.20. The average molecular weight is 389 g/mol. The quantitative estimate of drug-likeness (QED) is 0.564. The maximum Gasteiger partial charge on any atom is 0.243 e. The fraction of sp³-hybridized carbons (Fsp3) is 0.0667. The van der Waals surface area contributed by atoms with Crippen LogP contribution in [0.2, 0.25) is 0 Å². The summed E-state index contributed by atoms with van der Waals surface area (Å²) in [6.07, 6.45) is 3.14. The Balaban J connectivity index is 1.65. The van der Waals surface area contributed by atoms with E-state index < -0.39 is 10.0 Å². The van der Waals surface area contributed by atoms with Crippen molar-refractivity contribution in [3.63, 3.8) is 0 Å². The first-order valence-corrected chi connectivity index (χ1v) is 10.3. The molecule has 0 aliphatic heterocycles. The summed E-state index contributed by atoms with van der Waals surface area (Å²) in [4.78, 5) is 8.71. The maximum absolute atomic E-state index is 12.7. The Bertz CT molecular complexity index is 1120. The van der Waals surface area contributed by atoms with Crippen LogP contribution in [-0.4, -0.2) is 27.1 Å². The van der Waals surface area contributed by atoms with Gasteiger partial charge in [0.25, 0.3) is 0 Å². The molecule has 10 heteroatoms. The monoisotopic (exact) mass is 389 g/mol. The second kappa shape index (κ2) is 6.56. The molecule has 0 aliphatic carbocycles. The van der Waals surface area contributed by atoms with Gasteiger partial charge in [-0.15, -0.1) is 0 Å². The van der Waals surface area contributed by atoms with E-state index in [1.807, 2.05) is 16.8 Å². The first-order valence-electron chi connectivity index (χ1n) is 7.18. The molecule has 7 nitrogen and oxygen atoms in total. The highest BCUT2D eigenvalue weighted by molar-refractivity contribution is 7.89. The van der Waals surface area contributed by atoms with Crippen molar-refractivity contribution in [1.29, 1.82) is 0 Å². The first kappa shape index (κ1) is 16.2. The van der Waals surface area contributed by atoms with Gasteiger partial charge in [-0.3, -0.25) is 9.97 Å². The second-order valence-corrected chi connectivity index (χ2v) is 8.12. The number of thiophene rings is 1. The van der Waals surface area contributed by atoms with Crippen molar-refractivity contribution < 1.29 is 8.42 Å². The summed E-state index contributed by atoms with van der Waals surface area (Å²) >= 11 is 2.53. The SMILES string of the molecule is O=S(=O)(NCc1nccnc1-c1ccsc1)c1cccc2nsnc12. The highest BCUT2D eigenvalue weighted by Crippen LogP contribution is 2.24. The third-order valence-electron chi connectivity index (χ3n) is 3.54. The first-order chi connectivity index (χ1) is 12.1. The number of nitrogens with one attached hydrogen (secondary N) is 1. The molecule has 4 aromatic rings. The van der Waals surface area contributed by atoms with Gasteiger partial charge in [0.1, 0.15) is 15.9 Å². The van der Waals surface area contributed by atoms with Crippen molar-refractivity contribution in [3.05, 3.63) is 53.1 Å². The topological polar surface area (TPSA) is 97.7 Å². The Morgan fingerprint density at radius 3 is 2.80 bits per heavy atom. The fourth-order valence-corrected chi connectivity index (χ4v) is 4.77. The van der Waals surface area contributed by atoms with Gasteiger partial charge in [0, 0.05) is 23.3 Å². The van der Waals surface area contributed by atoms with Crippen molar-refractivity contribution >= 4 is 44.1 Å². The number of hydrogen-bond acceptors (Lipinski definition) is 8. The lowest BCUT2D eigenvalue weighted by atomic mass is 10.2. The van der Waals surface area contributed by atoms with Crippen molar-refractivity contribution in [1.82, 2.24) is 23.4 Å². The van der Waals surface area contributed by atoms with Crippen LogP contribution in [0.1, 0.15) is 5.69 Å². The van der Waals surface area contributed by atoms with Crippen LogP contribution >= 0.6 is 23.1 Å². The van der Waals surface area contributed by atoms with E-state index in [2.05, 4.69) is 23.4 Å². The summed E-state index contributed by atoms with van der Waals surface area (Å²) in [5.41, 5.74) is 3.08. The van der Waals surface area contributed by atoms with Gasteiger partial charge in [0.15, 0.2) is 0 Å². The number of nitrogens with zero attached hydrogens (tertiary/aromatic N) is 4. The number of benzene rings is 1. The Labute approximate surface area is 151 Å². The van der Waals surface area contributed by atoms with Crippen LogP contribution in [0, 0.1) is 0 Å². The minimum absolute atomic E-state index is 0.0370. The summed E-state index contributed by atoms with van der Waals surface area (Å²) in [5.74, 6) is 0. The number of hydrogen-bond donors (Lipinski definition) is 1. The molecule has 126 valence electrons. The van der Waals surface area contributed by atoms with Crippen LogP contribution in [0.4, 0.5) is 0 Å². The molecule has 1 aromatic carbocycles. The average Bonchev–Trinajstić information content (AvgIpc) is 3.31. The molecule has 0 saturated heterocycles. The van der Waals surface area contributed by atoms with E-state index in [4.69, 9.17) is 0 Å². The van der Waals surface area contributed by atoms with E-state index in [9.17, 15) is 8.42 Å². The number of aromatic nitrogens is 4. The lowest BCUT2D eigenvalue weighted by molar-refractivity contribution is 0.581. The van der Waals surface area contributed by atoms with Crippen molar-refractivity contribution in [2.75, 3.05) is 0 Å².